The number of amides is 2. The topological polar surface area (TPSA) is 75.7 Å². The summed E-state index contributed by atoms with van der Waals surface area (Å²) < 4.78 is 4.83. The second-order valence-corrected chi connectivity index (χ2v) is 7.74. The summed E-state index contributed by atoms with van der Waals surface area (Å²) in [6, 6.07) is 18.6. The van der Waals surface area contributed by atoms with Crippen LogP contribution in [0.25, 0.3) is 23.3 Å². The summed E-state index contributed by atoms with van der Waals surface area (Å²) in [6.07, 6.45) is 3.87. The van der Waals surface area contributed by atoms with Gasteiger partial charge in [-0.05, 0) is 58.1 Å². The van der Waals surface area contributed by atoms with Gasteiger partial charge in [-0.1, -0.05) is 42.5 Å². The van der Waals surface area contributed by atoms with Crippen LogP contribution < -0.4 is 10.2 Å². The van der Waals surface area contributed by atoms with Crippen LogP contribution in [0.4, 0.5) is 5.69 Å². The van der Waals surface area contributed by atoms with Gasteiger partial charge < -0.3 is 15.0 Å². The number of ether oxygens (including phenoxy) is 1. The largest absolute Gasteiger partial charge is 0.465 e. The molecule has 1 aliphatic rings. The van der Waals surface area contributed by atoms with Gasteiger partial charge in [0.15, 0.2) is 0 Å². The van der Waals surface area contributed by atoms with Crippen molar-refractivity contribution in [2.45, 2.75) is 13.5 Å². The zero-order valence-electron chi connectivity index (χ0n) is 18.7. The van der Waals surface area contributed by atoms with Gasteiger partial charge in [-0.2, -0.15) is 0 Å². The molecular formula is C27H24N2O4. The van der Waals surface area contributed by atoms with Gasteiger partial charge in [0, 0.05) is 19.5 Å². The first kappa shape index (κ1) is 22.0. The molecule has 0 unspecified atom stereocenters. The lowest BCUT2D eigenvalue weighted by Gasteiger charge is -2.26. The fourth-order valence-electron chi connectivity index (χ4n) is 4.03. The highest BCUT2D eigenvalue weighted by Crippen LogP contribution is 2.33. The van der Waals surface area contributed by atoms with E-state index in [-0.39, 0.29) is 11.8 Å². The Morgan fingerprint density at radius 1 is 0.939 bits per heavy atom. The third-order valence-electron chi connectivity index (χ3n) is 5.74. The molecule has 6 heteroatoms. The Labute approximate surface area is 192 Å². The highest BCUT2D eigenvalue weighted by atomic mass is 16.5. The van der Waals surface area contributed by atoms with E-state index in [9.17, 15) is 14.4 Å². The molecule has 33 heavy (non-hydrogen) atoms. The van der Waals surface area contributed by atoms with Crippen molar-refractivity contribution in [2.75, 3.05) is 19.1 Å². The highest BCUT2D eigenvalue weighted by molar-refractivity contribution is 6.01. The molecule has 0 fully saturated rings. The van der Waals surface area contributed by atoms with Crippen molar-refractivity contribution in [3.05, 3.63) is 88.5 Å². The van der Waals surface area contributed by atoms with Gasteiger partial charge >= 0.3 is 5.97 Å². The van der Waals surface area contributed by atoms with Crippen LogP contribution >= 0.6 is 0 Å². The molecule has 3 aromatic carbocycles. The van der Waals surface area contributed by atoms with Crippen LogP contribution in [0, 0.1) is 0 Å². The van der Waals surface area contributed by atoms with Crippen LogP contribution in [0.15, 0.2) is 60.7 Å². The minimum absolute atomic E-state index is 0.112. The Balaban J connectivity index is 1.82. The van der Waals surface area contributed by atoms with E-state index < -0.39 is 5.97 Å². The van der Waals surface area contributed by atoms with Crippen LogP contribution in [0.3, 0.4) is 0 Å². The number of methoxy groups -OCH3 is 1. The van der Waals surface area contributed by atoms with Gasteiger partial charge in [0.2, 0.25) is 5.91 Å². The van der Waals surface area contributed by atoms with E-state index in [2.05, 4.69) is 5.32 Å². The average molecular weight is 440 g/mol. The summed E-state index contributed by atoms with van der Waals surface area (Å²) >= 11 is 0. The molecule has 4 rings (SSSR count). The lowest BCUT2D eigenvalue weighted by atomic mass is 9.93. The summed E-state index contributed by atoms with van der Waals surface area (Å²) in [6.45, 7) is 1.88. The molecule has 0 bridgehead atoms. The van der Waals surface area contributed by atoms with E-state index in [0.29, 0.717) is 23.4 Å². The van der Waals surface area contributed by atoms with E-state index in [1.54, 1.807) is 36.2 Å². The summed E-state index contributed by atoms with van der Waals surface area (Å²) in [5, 5.41) is 2.69. The maximum Gasteiger partial charge on any atom is 0.337 e. The third kappa shape index (κ3) is 4.28. The van der Waals surface area contributed by atoms with Crippen molar-refractivity contribution in [1.82, 2.24) is 5.32 Å². The number of nitrogens with one attached hydrogen (secondary N) is 1. The molecule has 0 radical (unpaired) electrons. The molecule has 0 saturated carbocycles. The molecule has 1 heterocycles. The molecular weight excluding hydrogens is 416 g/mol. The highest BCUT2D eigenvalue weighted by Gasteiger charge is 2.21. The predicted molar refractivity (Wildman–Crippen MR) is 129 cm³/mol. The van der Waals surface area contributed by atoms with Crippen LogP contribution in [-0.4, -0.2) is 31.9 Å². The number of anilines is 1. The Kier molecular flexibility index (Phi) is 6.09. The molecule has 0 aliphatic carbocycles. The first-order chi connectivity index (χ1) is 15.9. The summed E-state index contributed by atoms with van der Waals surface area (Å²) in [4.78, 5) is 38.6. The first-order valence-electron chi connectivity index (χ1n) is 10.6. The summed E-state index contributed by atoms with van der Waals surface area (Å²) in [5.74, 6) is -0.695. The van der Waals surface area contributed by atoms with Crippen LogP contribution in [-0.2, 0) is 16.1 Å². The van der Waals surface area contributed by atoms with Gasteiger partial charge in [-0.15, -0.1) is 0 Å². The summed E-state index contributed by atoms with van der Waals surface area (Å²) in [5.41, 5.74) is 6.11. The van der Waals surface area contributed by atoms with Crippen molar-refractivity contribution in [2.24, 2.45) is 0 Å². The summed E-state index contributed by atoms with van der Waals surface area (Å²) in [7, 11) is 2.95. The number of nitrogens with zero attached hydrogens (tertiary/aromatic N) is 1. The number of hydrogen-bond acceptors (Lipinski definition) is 4. The molecule has 1 N–H and O–H groups in total. The molecule has 0 aromatic heterocycles. The second-order valence-electron chi connectivity index (χ2n) is 7.74. The Morgan fingerprint density at radius 3 is 2.42 bits per heavy atom. The number of benzene rings is 3. The number of esters is 1. The van der Waals surface area contributed by atoms with Crippen LogP contribution in [0.1, 0.15) is 44.3 Å². The number of hydrogen-bond donors (Lipinski definition) is 1. The van der Waals surface area contributed by atoms with Crippen molar-refractivity contribution < 1.29 is 19.1 Å². The van der Waals surface area contributed by atoms with E-state index in [4.69, 9.17) is 4.74 Å². The minimum atomic E-state index is -0.428. The maximum absolute atomic E-state index is 12.6. The van der Waals surface area contributed by atoms with Crippen molar-refractivity contribution in [3.8, 4) is 11.1 Å². The monoisotopic (exact) mass is 440 g/mol. The van der Waals surface area contributed by atoms with Crippen LogP contribution in [0.2, 0.25) is 0 Å². The molecule has 3 aromatic rings. The van der Waals surface area contributed by atoms with Crippen molar-refractivity contribution >= 4 is 35.6 Å². The molecule has 0 spiro atoms. The van der Waals surface area contributed by atoms with Gasteiger partial charge in [-0.3, -0.25) is 9.59 Å². The standard InChI is InChI=1S/C27H24N2O4/c1-17(30)29-16-22-14-19(23-6-4-5-7-24(23)26(31)28-2)10-8-18(22)9-11-20-15-21(27(32)33-3)12-13-25(20)29/h4-15H,16H2,1-3H3,(H,28,31)/b11-9-. The van der Waals surface area contributed by atoms with E-state index in [1.165, 1.54) is 14.0 Å². The molecule has 0 saturated heterocycles. The molecule has 0 atom stereocenters. The normalized spacial score (nSPS) is 13.1. The Morgan fingerprint density at radius 2 is 1.70 bits per heavy atom. The fourth-order valence-corrected chi connectivity index (χ4v) is 4.03. The molecule has 6 nitrogen and oxygen atoms in total. The van der Waals surface area contributed by atoms with Gasteiger partial charge in [0.25, 0.3) is 5.91 Å². The lowest BCUT2D eigenvalue weighted by molar-refractivity contribution is -0.116. The van der Waals surface area contributed by atoms with E-state index in [1.807, 2.05) is 48.6 Å². The molecule has 1 aliphatic heterocycles. The van der Waals surface area contributed by atoms with Gasteiger partial charge in [0.1, 0.15) is 0 Å². The van der Waals surface area contributed by atoms with Gasteiger partial charge in [0.05, 0.1) is 24.9 Å². The zero-order valence-corrected chi connectivity index (χ0v) is 18.7. The number of carbonyl (C=O) groups is 3. The van der Waals surface area contributed by atoms with Crippen molar-refractivity contribution in [3.63, 3.8) is 0 Å². The third-order valence-corrected chi connectivity index (χ3v) is 5.74. The van der Waals surface area contributed by atoms with Crippen molar-refractivity contribution in [1.29, 1.82) is 0 Å². The molecule has 166 valence electrons. The second kappa shape index (κ2) is 9.12. The Hall–Kier alpha value is -4.19. The number of carbonyl (C=O) groups excluding carboxylic acids is 3. The minimum Gasteiger partial charge on any atom is -0.465 e. The average Bonchev–Trinajstić information content (AvgIpc) is 2.83. The quantitative estimate of drug-likeness (QED) is 0.607. The van der Waals surface area contributed by atoms with E-state index >= 15 is 0 Å². The number of fused-ring (bicyclic) bond motifs is 2. The van der Waals surface area contributed by atoms with E-state index in [0.717, 1.165) is 27.8 Å². The predicted octanol–water partition coefficient (Wildman–Crippen LogP) is 4.54. The Bertz CT molecular complexity index is 1290. The first-order valence-corrected chi connectivity index (χ1v) is 10.6. The molecule has 2 amide bonds. The number of rotatable bonds is 3. The SMILES string of the molecule is CNC(=O)c1ccccc1-c1ccc2c(c1)CN(C(C)=O)c1ccc(C(=O)OC)cc1/C=C\2. The van der Waals surface area contributed by atoms with Gasteiger partial charge in [-0.25, -0.2) is 4.79 Å². The zero-order chi connectivity index (χ0) is 23.5. The fraction of sp³-hybridized carbons (Fsp3) is 0.148. The lowest BCUT2D eigenvalue weighted by Crippen LogP contribution is -2.29. The van der Waals surface area contributed by atoms with Crippen LogP contribution in [0.5, 0.6) is 0 Å². The smallest absolute Gasteiger partial charge is 0.337 e. The maximum atomic E-state index is 12.6.